The van der Waals surface area contributed by atoms with Gasteiger partial charge in [0.1, 0.15) is 12.3 Å². The van der Waals surface area contributed by atoms with Gasteiger partial charge in [0.05, 0.1) is 23.7 Å². The number of hydrogen-bond donors (Lipinski definition) is 1. The van der Waals surface area contributed by atoms with E-state index < -0.39 is 0 Å². The molecule has 32 heavy (non-hydrogen) atoms. The van der Waals surface area contributed by atoms with Gasteiger partial charge in [0.2, 0.25) is 5.88 Å². The van der Waals surface area contributed by atoms with Crippen LogP contribution >= 0.6 is 0 Å². The molecule has 3 heterocycles. The zero-order valence-corrected chi connectivity index (χ0v) is 17.3. The van der Waals surface area contributed by atoms with E-state index in [9.17, 15) is 9.90 Å². The van der Waals surface area contributed by atoms with Gasteiger partial charge in [-0.25, -0.2) is 14.2 Å². The van der Waals surface area contributed by atoms with E-state index in [1.54, 1.807) is 47.6 Å². The average molecular weight is 424 g/mol. The van der Waals surface area contributed by atoms with Crippen LogP contribution in [0.4, 0.5) is 5.82 Å². The smallest absolute Gasteiger partial charge is 0.265 e. The largest absolute Gasteiger partial charge is 0.494 e. The lowest BCUT2D eigenvalue weighted by molar-refractivity contribution is 0.436. The van der Waals surface area contributed by atoms with Crippen LogP contribution in [0.5, 0.6) is 5.88 Å². The van der Waals surface area contributed by atoms with Crippen molar-refractivity contribution in [2.24, 2.45) is 4.99 Å². The lowest BCUT2D eigenvalue weighted by atomic mass is 10.1. The Hall–Kier alpha value is -4.39. The Morgan fingerprint density at radius 2 is 1.81 bits per heavy atom. The van der Waals surface area contributed by atoms with Gasteiger partial charge < -0.3 is 9.52 Å². The first-order valence-electron chi connectivity index (χ1n) is 10.1. The number of aliphatic imine (C=N–C) groups is 1. The first kappa shape index (κ1) is 19.6. The summed E-state index contributed by atoms with van der Waals surface area (Å²) < 4.78 is 8.40. The maximum Gasteiger partial charge on any atom is 0.265 e. The van der Waals surface area contributed by atoms with E-state index in [0.29, 0.717) is 34.4 Å². The number of furan rings is 1. The number of aryl methyl sites for hydroxylation is 1. The topological polar surface area (TPSA) is 85.5 Å². The Bertz CT molecular complexity index is 1480. The number of benzene rings is 2. The molecule has 158 valence electrons. The van der Waals surface area contributed by atoms with Gasteiger partial charge in [0, 0.05) is 23.1 Å². The van der Waals surface area contributed by atoms with Gasteiger partial charge in [-0.15, -0.1) is 0 Å². The summed E-state index contributed by atoms with van der Waals surface area (Å²) in [6.45, 7) is 2.40. The van der Waals surface area contributed by atoms with Crippen molar-refractivity contribution in [2.75, 3.05) is 0 Å². The number of aromatic nitrogens is 3. The third-order valence-corrected chi connectivity index (χ3v) is 5.30. The molecule has 0 radical (unpaired) electrons. The fourth-order valence-electron chi connectivity index (χ4n) is 3.66. The van der Waals surface area contributed by atoms with Crippen LogP contribution < -0.4 is 5.56 Å². The molecule has 0 aliphatic carbocycles. The van der Waals surface area contributed by atoms with Crippen LogP contribution in [-0.4, -0.2) is 25.7 Å². The molecule has 0 aliphatic rings. The highest BCUT2D eigenvalue weighted by Gasteiger charge is 2.16. The Morgan fingerprint density at radius 1 is 1.03 bits per heavy atom. The molecule has 0 unspecified atom stereocenters. The fraction of sp³-hybridized carbons (Fsp3) is 0.0800. The van der Waals surface area contributed by atoms with E-state index in [4.69, 9.17) is 4.42 Å². The second kappa shape index (κ2) is 8.03. The molecule has 7 heteroatoms. The van der Waals surface area contributed by atoms with Crippen molar-refractivity contribution in [3.8, 4) is 11.6 Å². The van der Waals surface area contributed by atoms with Gasteiger partial charge in [-0.3, -0.25) is 4.79 Å². The standard InChI is InChI=1S/C25H20N4O3/c1-17-8-10-18(11-9-17)29-24(30)21-7-3-2-6-20(21)22(25(29)31)15-26-23-12-13-27-28(23)16-19-5-4-14-32-19/h2-15,31H,16H2,1H3/b26-15+. The summed E-state index contributed by atoms with van der Waals surface area (Å²) in [6, 6.07) is 20.1. The first-order valence-corrected chi connectivity index (χ1v) is 10.1. The van der Waals surface area contributed by atoms with Gasteiger partial charge in [-0.1, -0.05) is 35.9 Å². The number of nitrogens with zero attached hydrogens (tertiary/aromatic N) is 4. The van der Waals surface area contributed by atoms with Gasteiger partial charge in [0.15, 0.2) is 5.82 Å². The van der Waals surface area contributed by atoms with Crippen molar-refractivity contribution in [1.29, 1.82) is 0 Å². The predicted octanol–water partition coefficient (Wildman–Crippen LogP) is 4.59. The normalized spacial score (nSPS) is 11.5. The van der Waals surface area contributed by atoms with Crippen molar-refractivity contribution in [1.82, 2.24) is 14.3 Å². The molecule has 7 nitrogen and oxygen atoms in total. The monoisotopic (exact) mass is 424 g/mol. The van der Waals surface area contributed by atoms with E-state index in [2.05, 4.69) is 10.1 Å². The van der Waals surface area contributed by atoms with Crippen molar-refractivity contribution in [2.45, 2.75) is 13.5 Å². The Kier molecular flexibility index (Phi) is 4.91. The third kappa shape index (κ3) is 3.50. The summed E-state index contributed by atoms with van der Waals surface area (Å²) in [5.41, 5.74) is 1.81. The molecular weight excluding hydrogens is 404 g/mol. The second-order valence-electron chi connectivity index (χ2n) is 7.44. The van der Waals surface area contributed by atoms with Crippen LogP contribution in [-0.2, 0) is 6.54 Å². The molecular formula is C25H20N4O3. The van der Waals surface area contributed by atoms with Crippen molar-refractivity contribution in [3.63, 3.8) is 0 Å². The Balaban J connectivity index is 1.64. The average Bonchev–Trinajstić information content (AvgIpc) is 3.48. The number of fused-ring (bicyclic) bond motifs is 1. The Morgan fingerprint density at radius 3 is 2.56 bits per heavy atom. The molecule has 1 N–H and O–H groups in total. The zero-order chi connectivity index (χ0) is 22.1. The molecule has 0 aliphatic heterocycles. The molecule has 0 fully saturated rings. The predicted molar refractivity (Wildman–Crippen MR) is 123 cm³/mol. The zero-order valence-electron chi connectivity index (χ0n) is 17.3. The summed E-state index contributed by atoms with van der Waals surface area (Å²) >= 11 is 0. The molecule has 0 saturated carbocycles. The summed E-state index contributed by atoms with van der Waals surface area (Å²) in [5.74, 6) is 1.18. The number of pyridine rings is 1. The number of rotatable bonds is 5. The van der Waals surface area contributed by atoms with E-state index in [-0.39, 0.29) is 11.4 Å². The number of hydrogen-bond acceptors (Lipinski definition) is 5. The molecule has 5 aromatic rings. The first-order chi connectivity index (χ1) is 15.6. The highest BCUT2D eigenvalue weighted by Crippen LogP contribution is 2.27. The lowest BCUT2D eigenvalue weighted by Crippen LogP contribution is -2.20. The Labute approximate surface area is 183 Å². The van der Waals surface area contributed by atoms with Crippen LogP contribution in [0.15, 0.2) is 93.4 Å². The minimum atomic E-state index is -0.290. The van der Waals surface area contributed by atoms with Gasteiger partial charge in [0.25, 0.3) is 5.56 Å². The maximum absolute atomic E-state index is 13.2. The minimum absolute atomic E-state index is 0.168. The fourth-order valence-corrected chi connectivity index (χ4v) is 3.66. The molecule has 0 atom stereocenters. The maximum atomic E-state index is 13.2. The van der Waals surface area contributed by atoms with Crippen molar-refractivity contribution in [3.05, 3.63) is 106 Å². The second-order valence-corrected chi connectivity index (χ2v) is 7.44. The van der Waals surface area contributed by atoms with Gasteiger partial charge in [-0.05, 0) is 37.3 Å². The minimum Gasteiger partial charge on any atom is -0.494 e. The molecule has 2 aromatic carbocycles. The molecule has 0 saturated heterocycles. The quantitative estimate of drug-likeness (QED) is 0.418. The van der Waals surface area contributed by atoms with Crippen molar-refractivity contribution < 1.29 is 9.52 Å². The van der Waals surface area contributed by atoms with Crippen LogP contribution in [0.2, 0.25) is 0 Å². The molecule has 0 spiro atoms. The van der Waals surface area contributed by atoms with E-state index in [1.807, 2.05) is 49.4 Å². The summed E-state index contributed by atoms with van der Waals surface area (Å²) in [6.07, 6.45) is 4.83. The summed E-state index contributed by atoms with van der Waals surface area (Å²) in [7, 11) is 0. The van der Waals surface area contributed by atoms with Gasteiger partial charge >= 0.3 is 0 Å². The van der Waals surface area contributed by atoms with Crippen LogP contribution in [0.1, 0.15) is 16.9 Å². The highest BCUT2D eigenvalue weighted by molar-refractivity contribution is 6.02. The highest BCUT2D eigenvalue weighted by atomic mass is 16.3. The van der Waals surface area contributed by atoms with E-state index in [0.717, 1.165) is 11.3 Å². The molecule has 0 amide bonds. The van der Waals surface area contributed by atoms with Crippen LogP contribution in [0.3, 0.4) is 0 Å². The summed E-state index contributed by atoms with van der Waals surface area (Å²) in [4.78, 5) is 17.8. The van der Waals surface area contributed by atoms with E-state index in [1.165, 1.54) is 4.57 Å². The van der Waals surface area contributed by atoms with Gasteiger partial charge in [-0.2, -0.15) is 5.10 Å². The van der Waals surface area contributed by atoms with Crippen molar-refractivity contribution >= 4 is 22.8 Å². The molecule has 5 rings (SSSR count). The van der Waals surface area contributed by atoms with Crippen LogP contribution in [0, 0.1) is 6.92 Å². The summed E-state index contributed by atoms with van der Waals surface area (Å²) in [5, 5.41) is 16.6. The third-order valence-electron chi connectivity index (χ3n) is 5.30. The SMILES string of the molecule is Cc1ccc(-n2c(O)c(/C=N/c3ccnn3Cc3ccco3)c3ccccc3c2=O)cc1. The lowest BCUT2D eigenvalue weighted by Gasteiger charge is -2.14. The number of aromatic hydroxyl groups is 1. The molecule has 0 bridgehead atoms. The van der Waals surface area contributed by atoms with Crippen LogP contribution in [0.25, 0.3) is 16.5 Å². The molecule has 3 aromatic heterocycles. The van der Waals surface area contributed by atoms with E-state index >= 15 is 0 Å².